The van der Waals surface area contributed by atoms with E-state index < -0.39 is 0 Å². The zero-order chi connectivity index (χ0) is 15.4. The van der Waals surface area contributed by atoms with Gasteiger partial charge in [0.15, 0.2) is 0 Å². The van der Waals surface area contributed by atoms with Crippen molar-refractivity contribution >= 4 is 22.5 Å². The second-order valence-corrected chi connectivity index (χ2v) is 4.99. The van der Waals surface area contributed by atoms with Gasteiger partial charge in [0.2, 0.25) is 5.91 Å². The summed E-state index contributed by atoms with van der Waals surface area (Å²) < 4.78 is 5.75. The molecule has 0 aliphatic carbocycles. The maximum absolute atomic E-state index is 11.1. The second kappa shape index (κ2) is 9.99. The van der Waals surface area contributed by atoms with Gasteiger partial charge >= 0.3 is 0 Å². The molecule has 0 atom stereocenters. The van der Waals surface area contributed by atoms with Crippen LogP contribution < -0.4 is 10.1 Å². The van der Waals surface area contributed by atoms with E-state index in [0.29, 0.717) is 12.4 Å². The number of hydrogen-bond donors (Lipinski definition) is 1. The van der Waals surface area contributed by atoms with E-state index in [-0.39, 0.29) is 22.3 Å². The molecule has 1 aromatic heterocycles. The SMILES string of the molecule is CC(=O)Nc1cccc(OCc2ccc3ccccc3n2)c1.O.O.O. The number of benzene rings is 2. The molecule has 3 aromatic rings. The maximum atomic E-state index is 11.1. The van der Waals surface area contributed by atoms with Crippen LogP contribution >= 0.6 is 0 Å². The highest BCUT2D eigenvalue weighted by atomic mass is 16.5. The molecule has 0 spiro atoms. The van der Waals surface area contributed by atoms with Gasteiger partial charge in [0.1, 0.15) is 12.4 Å². The number of nitrogens with one attached hydrogen (secondary N) is 1. The lowest BCUT2D eigenvalue weighted by Crippen LogP contribution is -2.05. The van der Waals surface area contributed by atoms with Crippen LogP contribution in [0.15, 0.2) is 60.7 Å². The zero-order valence-electron chi connectivity index (χ0n) is 13.7. The Bertz CT molecular complexity index is 823. The largest absolute Gasteiger partial charge is 0.487 e. The summed E-state index contributed by atoms with van der Waals surface area (Å²) in [6.07, 6.45) is 0. The highest BCUT2D eigenvalue weighted by molar-refractivity contribution is 5.88. The Hall–Kier alpha value is -3.00. The number of para-hydroxylation sites is 1. The van der Waals surface area contributed by atoms with Gasteiger partial charge in [-0.2, -0.15) is 0 Å². The molecule has 2 aromatic carbocycles. The van der Waals surface area contributed by atoms with Crippen LogP contribution in [0, 0.1) is 0 Å². The Morgan fingerprint density at radius 1 is 1.00 bits per heavy atom. The summed E-state index contributed by atoms with van der Waals surface area (Å²) in [5.74, 6) is 0.592. The molecule has 1 amide bonds. The van der Waals surface area contributed by atoms with Gasteiger partial charge < -0.3 is 26.5 Å². The summed E-state index contributed by atoms with van der Waals surface area (Å²) in [6.45, 7) is 1.86. The van der Waals surface area contributed by atoms with Crippen LogP contribution in [-0.4, -0.2) is 27.3 Å². The van der Waals surface area contributed by atoms with Gasteiger partial charge in [-0.05, 0) is 24.3 Å². The minimum Gasteiger partial charge on any atom is -0.487 e. The van der Waals surface area contributed by atoms with Crippen LogP contribution in [0.1, 0.15) is 12.6 Å². The van der Waals surface area contributed by atoms with Crippen LogP contribution in [0.2, 0.25) is 0 Å². The van der Waals surface area contributed by atoms with E-state index in [9.17, 15) is 4.79 Å². The van der Waals surface area contributed by atoms with Crippen molar-refractivity contribution in [3.05, 3.63) is 66.4 Å². The molecule has 7 nitrogen and oxygen atoms in total. The molecule has 25 heavy (non-hydrogen) atoms. The maximum Gasteiger partial charge on any atom is 0.221 e. The predicted molar refractivity (Wildman–Crippen MR) is 97.7 cm³/mol. The molecule has 0 saturated heterocycles. The van der Waals surface area contributed by atoms with E-state index in [1.807, 2.05) is 54.6 Å². The smallest absolute Gasteiger partial charge is 0.221 e. The summed E-state index contributed by atoms with van der Waals surface area (Å²) in [7, 11) is 0. The van der Waals surface area contributed by atoms with Crippen LogP contribution in [0.5, 0.6) is 5.75 Å². The number of ether oxygens (including phenoxy) is 1. The first-order valence-electron chi connectivity index (χ1n) is 7.06. The number of amides is 1. The number of aromatic nitrogens is 1. The Morgan fingerprint density at radius 3 is 2.52 bits per heavy atom. The van der Waals surface area contributed by atoms with E-state index in [4.69, 9.17) is 4.74 Å². The van der Waals surface area contributed by atoms with Crippen molar-refractivity contribution in [1.82, 2.24) is 4.98 Å². The summed E-state index contributed by atoms with van der Waals surface area (Å²) in [5.41, 5.74) is 2.54. The average molecular weight is 346 g/mol. The average Bonchev–Trinajstić information content (AvgIpc) is 2.52. The summed E-state index contributed by atoms with van der Waals surface area (Å²) in [4.78, 5) is 15.6. The summed E-state index contributed by atoms with van der Waals surface area (Å²) >= 11 is 0. The first kappa shape index (κ1) is 22.0. The normalized spacial score (nSPS) is 9.16. The van der Waals surface area contributed by atoms with Gasteiger partial charge in [0.25, 0.3) is 0 Å². The fourth-order valence-corrected chi connectivity index (χ4v) is 2.21. The number of hydrogen-bond acceptors (Lipinski definition) is 3. The zero-order valence-corrected chi connectivity index (χ0v) is 13.7. The molecule has 0 fully saturated rings. The third-order valence-electron chi connectivity index (χ3n) is 3.20. The number of nitrogens with zero attached hydrogens (tertiary/aromatic N) is 1. The van der Waals surface area contributed by atoms with Crippen molar-refractivity contribution < 1.29 is 26.0 Å². The molecule has 0 unspecified atom stereocenters. The molecule has 7 heteroatoms. The second-order valence-electron chi connectivity index (χ2n) is 4.99. The summed E-state index contributed by atoms with van der Waals surface area (Å²) in [6, 6.07) is 19.3. The van der Waals surface area contributed by atoms with Crippen LogP contribution in [-0.2, 0) is 11.4 Å². The summed E-state index contributed by atoms with van der Waals surface area (Å²) in [5, 5.41) is 3.84. The molecule has 0 bridgehead atoms. The molecular weight excluding hydrogens is 324 g/mol. The van der Waals surface area contributed by atoms with E-state index in [2.05, 4.69) is 10.3 Å². The van der Waals surface area contributed by atoms with E-state index >= 15 is 0 Å². The molecule has 7 N–H and O–H groups in total. The van der Waals surface area contributed by atoms with Gasteiger partial charge in [-0.15, -0.1) is 0 Å². The number of rotatable bonds is 4. The quantitative estimate of drug-likeness (QED) is 0.759. The van der Waals surface area contributed by atoms with Gasteiger partial charge in [0.05, 0.1) is 11.2 Å². The molecule has 134 valence electrons. The lowest BCUT2D eigenvalue weighted by molar-refractivity contribution is -0.114. The predicted octanol–water partition coefficient (Wildman–Crippen LogP) is 1.30. The molecule has 3 rings (SSSR count). The highest BCUT2D eigenvalue weighted by Crippen LogP contribution is 2.19. The van der Waals surface area contributed by atoms with Crippen LogP contribution in [0.25, 0.3) is 10.9 Å². The van der Waals surface area contributed by atoms with Crippen LogP contribution in [0.4, 0.5) is 5.69 Å². The van der Waals surface area contributed by atoms with Crippen molar-refractivity contribution in [2.75, 3.05) is 5.32 Å². The van der Waals surface area contributed by atoms with Gasteiger partial charge in [0, 0.05) is 24.1 Å². The molecule has 1 heterocycles. The number of carbonyl (C=O) groups is 1. The van der Waals surface area contributed by atoms with E-state index in [1.165, 1.54) is 6.92 Å². The molecule has 0 aliphatic rings. The lowest BCUT2D eigenvalue weighted by atomic mass is 10.2. The van der Waals surface area contributed by atoms with E-state index in [1.54, 1.807) is 6.07 Å². The third-order valence-corrected chi connectivity index (χ3v) is 3.20. The third kappa shape index (κ3) is 5.85. The molecular formula is C18H22N2O5. The topological polar surface area (TPSA) is 146 Å². The van der Waals surface area contributed by atoms with Gasteiger partial charge in [-0.3, -0.25) is 4.79 Å². The highest BCUT2D eigenvalue weighted by Gasteiger charge is 2.01. The van der Waals surface area contributed by atoms with Crippen molar-refractivity contribution in [2.45, 2.75) is 13.5 Å². The monoisotopic (exact) mass is 346 g/mol. The Kier molecular flexibility index (Phi) is 8.79. The minimum absolute atomic E-state index is 0. The Labute approximate surface area is 145 Å². The van der Waals surface area contributed by atoms with Crippen molar-refractivity contribution in [1.29, 1.82) is 0 Å². The fraction of sp³-hybridized carbons (Fsp3) is 0.111. The van der Waals surface area contributed by atoms with Crippen molar-refractivity contribution in [2.24, 2.45) is 0 Å². The Morgan fingerprint density at radius 2 is 1.76 bits per heavy atom. The molecule has 0 saturated carbocycles. The molecule has 0 aliphatic heterocycles. The number of anilines is 1. The van der Waals surface area contributed by atoms with Crippen molar-refractivity contribution in [3.8, 4) is 5.75 Å². The first-order chi connectivity index (χ1) is 10.7. The van der Waals surface area contributed by atoms with Gasteiger partial charge in [-0.1, -0.05) is 30.3 Å². The fourth-order valence-electron chi connectivity index (χ4n) is 2.21. The van der Waals surface area contributed by atoms with E-state index in [0.717, 1.165) is 22.3 Å². The van der Waals surface area contributed by atoms with Gasteiger partial charge in [-0.25, -0.2) is 4.98 Å². The minimum atomic E-state index is -0.103. The first-order valence-corrected chi connectivity index (χ1v) is 7.06. The van der Waals surface area contributed by atoms with Crippen molar-refractivity contribution in [3.63, 3.8) is 0 Å². The standard InChI is InChI=1S/C18H16N2O2.3H2O/c1-13(21)19-15-6-4-7-17(11-15)22-12-16-10-9-14-5-2-3-8-18(14)20-16;;;/h2-11H,12H2,1H3,(H,19,21);3*1H2. The molecule has 0 radical (unpaired) electrons. The Balaban J connectivity index is 0.00000192. The number of pyridine rings is 1. The van der Waals surface area contributed by atoms with Crippen LogP contribution in [0.3, 0.4) is 0 Å². The number of fused-ring (bicyclic) bond motifs is 1. The lowest BCUT2D eigenvalue weighted by Gasteiger charge is -2.08. The number of carbonyl (C=O) groups excluding carboxylic acids is 1.